The van der Waals surface area contributed by atoms with Crippen molar-refractivity contribution in [2.24, 2.45) is 0 Å². The molecule has 21 heavy (non-hydrogen) atoms. The Balaban J connectivity index is 2.19. The van der Waals surface area contributed by atoms with Crippen molar-refractivity contribution in [3.8, 4) is 0 Å². The van der Waals surface area contributed by atoms with Crippen molar-refractivity contribution in [3.05, 3.63) is 34.1 Å². The lowest BCUT2D eigenvalue weighted by Crippen LogP contribution is -2.51. The van der Waals surface area contributed by atoms with Crippen molar-refractivity contribution in [2.45, 2.75) is 44.1 Å². The minimum absolute atomic E-state index is 0.0615. The van der Waals surface area contributed by atoms with E-state index in [1.54, 1.807) is 6.07 Å². The van der Waals surface area contributed by atoms with Gasteiger partial charge >= 0.3 is 5.97 Å². The molecule has 2 rings (SSSR count). The summed E-state index contributed by atoms with van der Waals surface area (Å²) in [7, 11) is 0. The molecular formula is C15H17BrFNO3. The molecule has 0 atom stereocenters. The lowest BCUT2D eigenvalue weighted by Gasteiger charge is -2.37. The molecule has 2 N–H and O–H groups in total. The SMILES string of the molecule is O=C(O)CC1(NC(=O)c2ccc(Br)cc2F)CCCCC1. The quantitative estimate of drug-likeness (QED) is 0.866. The van der Waals surface area contributed by atoms with Crippen LogP contribution in [-0.4, -0.2) is 22.5 Å². The van der Waals surface area contributed by atoms with Gasteiger partial charge < -0.3 is 10.4 Å². The van der Waals surface area contributed by atoms with Crippen LogP contribution in [0, 0.1) is 5.82 Å². The van der Waals surface area contributed by atoms with Gasteiger partial charge in [-0.1, -0.05) is 35.2 Å². The monoisotopic (exact) mass is 357 g/mol. The minimum Gasteiger partial charge on any atom is -0.481 e. The number of carboxylic acid groups (broad SMARTS) is 1. The van der Waals surface area contributed by atoms with Crippen LogP contribution in [-0.2, 0) is 4.79 Å². The normalized spacial score (nSPS) is 17.2. The highest BCUT2D eigenvalue weighted by Gasteiger charge is 2.36. The maximum Gasteiger partial charge on any atom is 0.305 e. The zero-order chi connectivity index (χ0) is 15.5. The number of nitrogens with one attached hydrogen (secondary N) is 1. The predicted octanol–water partition coefficient (Wildman–Crippen LogP) is 3.50. The Morgan fingerprint density at radius 3 is 2.52 bits per heavy atom. The third-order valence-electron chi connectivity index (χ3n) is 3.85. The van der Waals surface area contributed by atoms with Crippen LogP contribution in [0.15, 0.2) is 22.7 Å². The molecule has 1 aliphatic rings. The van der Waals surface area contributed by atoms with Gasteiger partial charge in [0.2, 0.25) is 0 Å². The summed E-state index contributed by atoms with van der Waals surface area (Å²) in [6.07, 6.45) is 3.87. The molecule has 0 bridgehead atoms. The van der Waals surface area contributed by atoms with Gasteiger partial charge in [0.1, 0.15) is 5.82 Å². The number of carboxylic acids is 1. The summed E-state index contributed by atoms with van der Waals surface area (Å²) in [6.45, 7) is 0. The lowest BCUT2D eigenvalue weighted by molar-refractivity contribution is -0.139. The van der Waals surface area contributed by atoms with Gasteiger partial charge in [-0.3, -0.25) is 9.59 Å². The van der Waals surface area contributed by atoms with Crippen LogP contribution in [0.5, 0.6) is 0 Å². The summed E-state index contributed by atoms with van der Waals surface area (Å²) in [4.78, 5) is 23.3. The van der Waals surface area contributed by atoms with Crippen molar-refractivity contribution < 1.29 is 19.1 Å². The Bertz CT molecular complexity index is 556. The second kappa shape index (κ2) is 6.56. The molecule has 1 aromatic rings. The molecule has 0 aromatic heterocycles. The number of amides is 1. The zero-order valence-corrected chi connectivity index (χ0v) is 13.1. The van der Waals surface area contributed by atoms with Crippen LogP contribution < -0.4 is 5.32 Å². The van der Waals surface area contributed by atoms with Crippen molar-refractivity contribution in [2.75, 3.05) is 0 Å². The number of rotatable bonds is 4. The molecule has 0 spiro atoms. The number of hydrogen-bond donors (Lipinski definition) is 2. The number of carbonyl (C=O) groups is 2. The first-order valence-corrected chi connectivity index (χ1v) is 7.71. The first-order valence-electron chi connectivity index (χ1n) is 6.91. The average molecular weight is 358 g/mol. The fourth-order valence-corrected chi connectivity index (χ4v) is 3.18. The average Bonchev–Trinajstić information content (AvgIpc) is 2.38. The smallest absolute Gasteiger partial charge is 0.305 e. The maximum absolute atomic E-state index is 13.8. The van der Waals surface area contributed by atoms with E-state index in [1.165, 1.54) is 12.1 Å². The van der Waals surface area contributed by atoms with Crippen LogP contribution >= 0.6 is 15.9 Å². The van der Waals surface area contributed by atoms with Crippen molar-refractivity contribution in [3.63, 3.8) is 0 Å². The third kappa shape index (κ3) is 4.03. The van der Waals surface area contributed by atoms with E-state index in [2.05, 4.69) is 21.2 Å². The Kier molecular flexibility index (Phi) is 4.98. The van der Waals surface area contributed by atoms with Gasteiger partial charge in [-0.05, 0) is 31.0 Å². The Labute approximate surface area is 130 Å². The molecule has 1 aliphatic carbocycles. The molecule has 0 heterocycles. The van der Waals surface area contributed by atoms with Crippen molar-refractivity contribution in [1.82, 2.24) is 5.32 Å². The van der Waals surface area contributed by atoms with Crippen LogP contribution in [0.3, 0.4) is 0 Å². The molecule has 0 radical (unpaired) electrons. The van der Waals surface area contributed by atoms with E-state index < -0.39 is 23.2 Å². The standard InChI is InChI=1S/C15H17BrFNO3/c16-10-4-5-11(12(17)8-10)14(21)18-15(9-13(19)20)6-2-1-3-7-15/h4-5,8H,1-3,6-7,9H2,(H,18,21)(H,19,20). The first-order chi connectivity index (χ1) is 9.92. The highest BCUT2D eigenvalue weighted by Crippen LogP contribution is 2.31. The van der Waals surface area contributed by atoms with Crippen LogP contribution in [0.1, 0.15) is 48.9 Å². The lowest BCUT2D eigenvalue weighted by atomic mass is 9.79. The maximum atomic E-state index is 13.8. The van der Waals surface area contributed by atoms with E-state index in [-0.39, 0.29) is 12.0 Å². The van der Waals surface area contributed by atoms with E-state index in [1.807, 2.05) is 0 Å². The summed E-state index contributed by atoms with van der Waals surface area (Å²) >= 11 is 3.14. The van der Waals surface area contributed by atoms with Crippen molar-refractivity contribution in [1.29, 1.82) is 0 Å². The van der Waals surface area contributed by atoms with Gasteiger partial charge in [0.15, 0.2) is 0 Å². The summed E-state index contributed by atoms with van der Waals surface area (Å²) in [6, 6.07) is 4.20. The highest BCUT2D eigenvalue weighted by atomic mass is 79.9. The molecule has 114 valence electrons. The molecule has 1 fully saturated rings. The van der Waals surface area contributed by atoms with E-state index >= 15 is 0 Å². The van der Waals surface area contributed by atoms with Gasteiger partial charge in [0.25, 0.3) is 5.91 Å². The third-order valence-corrected chi connectivity index (χ3v) is 4.35. The zero-order valence-electron chi connectivity index (χ0n) is 11.5. The Morgan fingerprint density at radius 1 is 1.29 bits per heavy atom. The fourth-order valence-electron chi connectivity index (χ4n) is 2.85. The predicted molar refractivity (Wildman–Crippen MR) is 79.6 cm³/mol. The Hall–Kier alpha value is -1.43. The fraction of sp³-hybridized carbons (Fsp3) is 0.467. The van der Waals surface area contributed by atoms with Gasteiger partial charge in [-0.15, -0.1) is 0 Å². The van der Waals surface area contributed by atoms with E-state index in [0.29, 0.717) is 17.3 Å². The summed E-state index contributed by atoms with van der Waals surface area (Å²) in [5.41, 5.74) is -0.825. The molecule has 1 saturated carbocycles. The summed E-state index contributed by atoms with van der Waals surface area (Å²) < 4.78 is 14.4. The van der Waals surface area contributed by atoms with E-state index in [9.17, 15) is 14.0 Å². The number of halogens is 2. The molecule has 0 saturated heterocycles. The minimum atomic E-state index is -0.950. The van der Waals surface area contributed by atoms with Gasteiger partial charge in [-0.2, -0.15) is 0 Å². The largest absolute Gasteiger partial charge is 0.481 e. The van der Waals surface area contributed by atoms with Gasteiger partial charge in [-0.25, -0.2) is 4.39 Å². The molecule has 4 nitrogen and oxygen atoms in total. The number of benzene rings is 1. The molecule has 1 aromatic carbocycles. The summed E-state index contributed by atoms with van der Waals surface area (Å²) in [5.74, 6) is -2.13. The number of carbonyl (C=O) groups excluding carboxylic acids is 1. The van der Waals surface area contributed by atoms with Crippen LogP contribution in [0.4, 0.5) is 4.39 Å². The van der Waals surface area contributed by atoms with Crippen LogP contribution in [0.2, 0.25) is 0 Å². The Morgan fingerprint density at radius 2 is 1.95 bits per heavy atom. The topological polar surface area (TPSA) is 66.4 Å². The molecule has 1 amide bonds. The van der Waals surface area contributed by atoms with Crippen LogP contribution in [0.25, 0.3) is 0 Å². The first kappa shape index (κ1) is 15.9. The van der Waals surface area contributed by atoms with Gasteiger partial charge in [0.05, 0.1) is 17.5 Å². The molecular weight excluding hydrogens is 341 g/mol. The highest BCUT2D eigenvalue weighted by molar-refractivity contribution is 9.10. The van der Waals surface area contributed by atoms with E-state index in [4.69, 9.17) is 5.11 Å². The second-order valence-corrected chi connectivity index (χ2v) is 6.41. The van der Waals surface area contributed by atoms with Crippen molar-refractivity contribution >= 4 is 27.8 Å². The number of aliphatic carboxylic acids is 1. The van der Waals surface area contributed by atoms with E-state index in [0.717, 1.165) is 19.3 Å². The second-order valence-electron chi connectivity index (χ2n) is 5.49. The summed E-state index contributed by atoms with van der Waals surface area (Å²) in [5, 5.41) is 11.8. The number of hydrogen-bond acceptors (Lipinski definition) is 2. The molecule has 0 unspecified atom stereocenters. The molecule has 0 aliphatic heterocycles. The van der Waals surface area contributed by atoms with Gasteiger partial charge in [0, 0.05) is 4.47 Å². The molecule has 6 heteroatoms.